The minimum atomic E-state index is -1.59. The van der Waals surface area contributed by atoms with Crippen molar-refractivity contribution in [3.05, 3.63) is 66.7 Å². The Bertz CT molecular complexity index is 1670. The third kappa shape index (κ3) is 4.94. The Morgan fingerprint density at radius 2 is 1.80 bits per heavy atom. The molecule has 1 saturated carbocycles. The van der Waals surface area contributed by atoms with E-state index in [9.17, 15) is 9.18 Å². The fourth-order valence-electron chi connectivity index (χ4n) is 6.06. The van der Waals surface area contributed by atoms with Crippen molar-refractivity contribution in [1.29, 1.82) is 0 Å². The third-order valence-electron chi connectivity index (χ3n) is 8.07. The van der Waals surface area contributed by atoms with Crippen molar-refractivity contribution < 1.29 is 18.7 Å². The minimum Gasteiger partial charge on any atom is -0.491 e. The van der Waals surface area contributed by atoms with E-state index in [-0.39, 0.29) is 18.4 Å². The van der Waals surface area contributed by atoms with E-state index in [1.807, 2.05) is 78.0 Å². The largest absolute Gasteiger partial charge is 0.491 e. The highest BCUT2D eigenvalue weighted by atomic mass is 19.1. The summed E-state index contributed by atoms with van der Waals surface area (Å²) >= 11 is 0. The van der Waals surface area contributed by atoms with E-state index in [0.717, 1.165) is 63.3 Å². The highest BCUT2D eigenvalue weighted by Crippen LogP contribution is 2.43. The molecule has 0 aliphatic heterocycles. The molecule has 0 saturated heterocycles. The highest BCUT2D eigenvalue weighted by Gasteiger charge is 2.35. The third-order valence-corrected chi connectivity index (χ3v) is 8.07. The smallest absolute Gasteiger partial charge is 0.341 e. The number of pyridine rings is 1. The zero-order valence-electron chi connectivity index (χ0n) is 23.6. The Balaban J connectivity index is 1.40. The molecule has 1 atom stereocenters. The summed E-state index contributed by atoms with van der Waals surface area (Å²) in [6.45, 7) is 4.37. The van der Waals surface area contributed by atoms with Gasteiger partial charge in [-0.2, -0.15) is 9.61 Å². The number of nitrogens with zero attached hydrogens (tertiary/aromatic N) is 5. The molecule has 8 nitrogen and oxygen atoms in total. The van der Waals surface area contributed by atoms with Crippen molar-refractivity contribution in [2.75, 3.05) is 13.2 Å². The predicted octanol–water partition coefficient (Wildman–Crippen LogP) is 6.52. The van der Waals surface area contributed by atoms with E-state index in [1.165, 1.54) is 0 Å². The van der Waals surface area contributed by atoms with Gasteiger partial charge in [0, 0.05) is 48.0 Å². The van der Waals surface area contributed by atoms with Gasteiger partial charge in [0.25, 0.3) is 0 Å². The lowest BCUT2D eigenvalue weighted by Crippen LogP contribution is -2.30. The van der Waals surface area contributed by atoms with Gasteiger partial charge in [-0.05, 0) is 45.6 Å². The Hall–Kier alpha value is -4.27. The molecule has 0 radical (unpaired) electrons. The maximum atomic E-state index is 14.8. The van der Waals surface area contributed by atoms with Crippen molar-refractivity contribution in [3.8, 4) is 28.1 Å². The van der Waals surface area contributed by atoms with Crippen LogP contribution in [0.15, 0.2) is 61.1 Å². The predicted molar refractivity (Wildman–Crippen MR) is 156 cm³/mol. The number of benzene rings is 1. The monoisotopic (exact) mass is 555 g/mol. The maximum Gasteiger partial charge on any atom is 0.341 e. The molecule has 5 aromatic rings. The van der Waals surface area contributed by atoms with Gasteiger partial charge in [0.1, 0.15) is 11.4 Å². The van der Waals surface area contributed by atoms with Crippen molar-refractivity contribution in [2.45, 2.75) is 51.6 Å². The second kappa shape index (κ2) is 11.3. The normalized spacial score (nSPS) is 18.0. The van der Waals surface area contributed by atoms with E-state index in [2.05, 4.69) is 6.07 Å². The van der Waals surface area contributed by atoms with Gasteiger partial charge in [0.2, 0.25) is 0 Å². The number of fused-ring (bicyclic) bond motifs is 3. The van der Waals surface area contributed by atoms with Crippen molar-refractivity contribution in [1.82, 2.24) is 24.1 Å². The molecule has 1 aliphatic rings. The number of rotatable bonds is 8. The summed E-state index contributed by atoms with van der Waals surface area (Å²) in [5.74, 6) is -0.241. The molecule has 212 valence electrons. The number of esters is 1. The highest BCUT2D eigenvalue weighted by molar-refractivity contribution is 5.91. The molecule has 0 bridgehead atoms. The number of alkyl halides is 1. The summed E-state index contributed by atoms with van der Waals surface area (Å²) in [5, 5.41) is 5.68. The van der Waals surface area contributed by atoms with Crippen LogP contribution in [-0.2, 0) is 16.6 Å². The molecule has 41 heavy (non-hydrogen) atoms. The molecule has 0 amide bonds. The summed E-state index contributed by atoms with van der Waals surface area (Å²) in [4.78, 5) is 22.0. The lowest BCUT2D eigenvalue weighted by Gasteiger charge is -2.29. The topological polar surface area (TPSA) is 83.5 Å². The molecular formula is C32H34FN5O3. The lowest BCUT2D eigenvalue weighted by molar-refractivity contribution is -0.151. The molecule has 4 aromatic heterocycles. The second-order valence-corrected chi connectivity index (χ2v) is 10.6. The second-order valence-electron chi connectivity index (χ2n) is 10.6. The first kappa shape index (κ1) is 26.9. The van der Waals surface area contributed by atoms with Crippen LogP contribution in [0.4, 0.5) is 4.39 Å². The summed E-state index contributed by atoms with van der Waals surface area (Å²) < 4.78 is 29.7. The first-order valence-electron chi connectivity index (χ1n) is 14.3. The molecule has 1 fully saturated rings. The first-order valence-corrected chi connectivity index (χ1v) is 14.3. The average Bonchev–Trinajstić information content (AvgIpc) is 3.58. The molecule has 4 heterocycles. The molecule has 1 aliphatic carbocycles. The van der Waals surface area contributed by atoms with Crippen LogP contribution >= 0.6 is 0 Å². The summed E-state index contributed by atoms with van der Waals surface area (Å²) in [6.07, 6.45) is 6.71. The Labute approximate surface area is 238 Å². The van der Waals surface area contributed by atoms with E-state index >= 15 is 0 Å². The number of aromatic nitrogens is 5. The molecule has 9 heteroatoms. The molecule has 6 rings (SSSR count). The van der Waals surface area contributed by atoms with Crippen LogP contribution in [0.3, 0.4) is 0 Å². The molecule has 1 unspecified atom stereocenters. The van der Waals surface area contributed by atoms with Gasteiger partial charge in [0.15, 0.2) is 11.8 Å². The standard InChI is InChI=1S/C32H34FN5O3/c1-4-40-26-19-37(3)31-27(26)29(22-13-11-21(12-14-22)28(33)32(39)41-5-2)36-30-24(18-35-38(30)31)23-15-16-25(34-17-23)20-9-7-6-8-10-20/h6-10,15-19,21-22,28H,4-5,11-14H2,1-3H3. The summed E-state index contributed by atoms with van der Waals surface area (Å²) in [5.41, 5.74) is 6.33. The van der Waals surface area contributed by atoms with Gasteiger partial charge in [-0.15, -0.1) is 0 Å². The number of ether oxygens (including phenoxy) is 2. The van der Waals surface area contributed by atoms with Crippen LogP contribution in [0.5, 0.6) is 5.75 Å². The summed E-state index contributed by atoms with van der Waals surface area (Å²) in [6, 6.07) is 14.1. The van der Waals surface area contributed by atoms with Gasteiger partial charge in [-0.25, -0.2) is 14.2 Å². The fraction of sp³-hybridized carbons (Fsp3) is 0.375. The van der Waals surface area contributed by atoms with Crippen LogP contribution < -0.4 is 4.74 Å². The fourth-order valence-corrected chi connectivity index (χ4v) is 6.06. The molecular weight excluding hydrogens is 521 g/mol. The number of carbonyl (C=O) groups excluding carboxylic acids is 1. The maximum absolute atomic E-state index is 14.8. The number of aryl methyl sites for hydroxylation is 1. The van der Waals surface area contributed by atoms with E-state index in [4.69, 9.17) is 24.5 Å². The summed E-state index contributed by atoms with van der Waals surface area (Å²) in [7, 11) is 1.98. The molecule has 0 spiro atoms. The van der Waals surface area contributed by atoms with Crippen LogP contribution in [0.25, 0.3) is 39.1 Å². The van der Waals surface area contributed by atoms with Gasteiger partial charge in [-0.3, -0.25) is 4.98 Å². The van der Waals surface area contributed by atoms with Crippen LogP contribution in [0.1, 0.15) is 51.1 Å². The van der Waals surface area contributed by atoms with Crippen LogP contribution in [-0.4, -0.2) is 49.5 Å². The Kier molecular flexibility index (Phi) is 7.43. The lowest BCUT2D eigenvalue weighted by atomic mass is 9.78. The number of carbonyl (C=O) groups is 1. The van der Waals surface area contributed by atoms with E-state index in [1.54, 1.807) is 6.92 Å². The van der Waals surface area contributed by atoms with E-state index < -0.39 is 12.1 Å². The number of hydrogen-bond acceptors (Lipinski definition) is 6. The average molecular weight is 556 g/mol. The number of halogens is 1. The zero-order chi connectivity index (χ0) is 28.5. The Morgan fingerprint density at radius 3 is 2.49 bits per heavy atom. The van der Waals surface area contributed by atoms with Crippen LogP contribution in [0, 0.1) is 5.92 Å². The zero-order valence-corrected chi connectivity index (χ0v) is 23.6. The van der Waals surface area contributed by atoms with Gasteiger partial charge >= 0.3 is 5.97 Å². The van der Waals surface area contributed by atoms with Crippen molar-refractivity contribution in [2.24, 2.45) is 13.0 Å². The van der Waals surface area contributed by atoms with Gasteiger partial charge < -0.3 is 14.0 Å². The van der Waals surface area contributed by atoms with Crippen molar-refractivity contribution >= 4 is 22.6 Å². The van der Waals surface area contributed by atoms with Gasteiger partial charge in [-0.1, -0.05) is 36.4 Å². The van der Waals surface area contributed by atoms with Crippen LogP contribution in [0.2, 0.25) is 0 Å². The molecule has 0 N–H and O–H groups in total. The quantitative estimate of drug-likeness (QED) is 0.203. The minimum absolute atomic E-state index is 0.0936. The SMILES string of the molecule is CCOC(=O)C(F)C1CCC(c2nc3c(-c4ccc(-c5ccccc5)nc4)cnn3c3c2c(OCC)cn3C)CC1. The Morgan fingerprint density at radius 1 is 1.02 bits per heavy atom. The van der Waals surface area contributed by atoms with E-state index in [0.29, 0.717) is 19.4 Å². The van der Waals surface area contributed by atoms with Crippen molar-refractivity contribution in [3.63, 3.8) is 0 Å². The van der Waals surface area contributed by atoms with Gasteiger partial charge in [0.05, 0.1) is 36.2 Å². The number of hydrogen-bond donors (Lipinski definition) is 0. The molecule has 1 aromatic carbocycles. The first-order chi connectivity index (χ1) is 20.0.